The summed E-state index contributed by atoms with van der Waals surface area (Å²) in [4.78, 5) is 2.51. The summed E-state index contributed by atoms with van der Waals surface area (Å²) in [6, 6.07) is 0. The Hall–Kier alpha value is -0.280. The van der Waals surface area contributed by atoms with Gasteiger partial charge in [0, 0.05) is 85.1 Å². The van der Waals surface area contributed by atoms with Crippen LogP contribution in [0.15, 0.2) is 0 Å². The molecule has 0 amide bonds. The van der Waals surface area contributed by atoms with Gasteiger partial charge in [0.15, 0.2) is 0 Å². The van der Waals surface area contributed by atoms with Crippen molar-refractivity contribution in [1.82, 2.24) is 31.3 Å². The average molecular weight is 301 g/mol. The van der Waals surface area contributed by atoms with Gasteiger partial charge in [-0.3, -0.25) is 10.3 Å². The Kier molecular flexibility index (Phi) is 12.0. The summed E-state index contributed by atoms with van der Waals surface area (Å²) in [6.07, 6.45) is 0. The molecule has 1 aliphatic heterocycles. The zero-order valence-corrected chi connectivity index (χ0v) is 13.7. The minimum Gasteiger partial charge on any atom is -0.329 e. The van der Waals surface area contributed by atoms with Crippen LogP contribution < -0.4 is 27.1 Å². The minimum absolute atomic E-state index is 0.681. The molecular weight excluding hydrogens is 266 g/mol. The van der Waals surface area contributed by atoms with Crippen LogP contribution in [0.25, 0.3) is 0 Å². The van der Waals surface area contributed by atoms with Crippen LogP contribution in [0.5, 0.6) is 0 Å². The van der Waals surface area contributed by atoms with Gasteiger partial charge in [-0.25, -0.2) is 5.01 Å². The van der Waals surface area contributed by atoms with Gasteiger partial charge in [0.05, 0.1) is 0 Å². The van der Waals surface area contributed by atoms with Gasteiger partial charge in [0.1, 0.15) is 0 Å². The summed E-state index contributed by atoms with van der Waals surface area (Å²) in [6.45, 7) is 15.6. The van der Waals surface area contributed by atoms with E-state index in [1.807, 2.05) is 0 Å². The van der Waals surface area contributed by atoms with Crippen molar-refractivity contribution in [3.63, 3.8) is 0 Å². The lowest BCUT2D eigenvalue weighted by Crippen LogP contribution is -2.46. The number of hydrogen-bond donors (Lipinski definition) is 5. The van der Waals surface area contributed by atoms with Crippen LogP contribution in [0.3, 0.4) is 0 Å². The maximum absolute atomic E-state index is 5.49. The smallest absolute Gasteiger partial charge is 0.0256 e. The molecule has 7 nitrogen and oxygen atoms in total. The molecule has 0 spiro atoms. The van der Waals surface area contributed by atoms with Gasteiger partial charge in [0.2, 0.25) is 0 Å². The summed E-state index contributed by atoms with van der Waals surface area (Å²) in [7, 11) is 0. The third kappa shape index (κ3) is 10.1. The van der Waals surface area contributed by atoms with Crippen LogP contribution in [0.4, 0.5) is 0 Å². The maximum Gasteiger partial charge on any atom is 0.0256 e. The fraction of sp³-hybridized carbons (Fsp3) is 1.00. The van der Waals surface area contributed by atoms with Crippen LogP contribution in [0.2, 0.25) is 0 Å². The molecule has 0 aromatic rings. The molecule has 1 heterocycles. The summed E-state index contributed by atoms with van der Waals surface area (Å²) >= 11 is 0. The Bertz CT molecular complexity index is 221. The van der Waals surface area contributed by atoms with E-state index in [0.717, 1.165) is 65.4 Å². The first-order valence-corrected chi connectivity index (χ1v) is 8.39. The Morgan fingerprint density at radius 2 is 1.76 bits per heavy atom. The molecule has 21 heavy (non-hydrogen) atoms. The zero-order chi connectivity index (χ0) is 15.2. The number of rotatable bonds is 13. The highest BCUT2D eigenvalue weighted by Crippen LogP contribution is 1.89. The predicted octanol–water partition coefficient (Wildman–Crippen LogP) is -2.14. The normalized spacial score (nSPS) is 16.7. The lowest BCUT2D eigenvalue weighted by Gasteiger charge is -2.27. The SMILES string of the molecule is CCN(CCNCCNCCN1CCNCC1)NCCN. The first kappa shape index (κ1) is 18.8. The van der Waals surface area contributed by atoms with E-state index >= 15 is 0 Å². The van der Waals surface area contributed by atoms with Crippen molar-refractivity contribution in [2.45, 2.75) is 6.92 Å². The third-order valence-corrected chi connectivity index (χ3v) is 3.71. The lowest BCUT2D eigenvalue weighted by atomic mass is 10.3. The van der Waals surface area contributed by atoms with Crippen molar-refractivity contribution in [2.75, 3.05) is 85.1 Å². The molecule has 6 N–H and O–H groups in total. The molecule has 7 heteroatoms. The molecule has 0 saturated carbocycles. The van der Waals surface area contributed by atoms with Crippen LogP contribution in [0, 0.1) is 0 Å². The van der Waals surface area contributed by atoms with E-state index in [-0.39, 0.29) is 0 Å². The largest absolute Gasteiger partial charge is 0.329 e. The highest BCUT2D eigenvalue weighted by molar-refractivity contribution is 4.68. The van der Waals surface area contributed by atoms with Gasteiger partial charge >= 0.3 is 0 Å². The fourth-order valence-corrected chi connectivity index (χ4v) is 2.38. The van der Waals surface area contributed by atoms with Gasteiger partial charge in [-0.05, 0) is 0 Å². The first-order valence-electron chi connectivity index (χ1n) is 8.39. The van der Waals surface area contributed by atoms with E-state index in [1.165, 1.54) is 13.1 Å². The monoisotopic (exact) mass is 301 g/mol. The number of piperazine rings is 1. The standard InChI is InChI=1S/C14H35N7/c1-2-21(19-4-3-15)14-10-17-6-5-16-7-11-20-12-8-18-9-13-20/h16-19H,2-15H2,1H3. The fourth-order valence-electron chi connectivity index (χ4n) is 2.38. The molecule has 0 unspecified atom stereocenters. The van der Waals surface area contributed by atoms with Crippen molar-refractivity contribution in [1.29, 1.82) is 0 Å². The predicted molar refractivity (Wildman–Crippen MR) is 89.4 cm³/mol. The Labute approximate surface area is 130 Å². The van der Waals surface area contributed by atoms with Gasteiger partial charge in [0.25, 0.3) is 0 Å². The lowest BCUT2D eigenvalue weighted by molar-refractivity contribution is 0.201. The van der Waals surface area contributed by atoms with Crippen LogP contribution in [-0.4, -0.2) is 95.0 Å². The second-order valence-corrected chi connectivity index (χ2v) is 5.37. The Morgan fingerprint density at radius 1 is 1.05 bits per heavy atom. The quantitative estimate of drug-likeness (QED) is 0.196. The minimum atomic E-state index is 0.681. The summed E-state index contributed by atoms with van der Waals surface area (Å²) in [5, 5.41) is 12.5. The second kappa shape index (κ2) is 13.4. The molecule has 0 bridgehead atoms. The molecule has 1 rings (SSSR count). The van der Waals surface area contributed by atoms with Crippen molar-refractivity contribution < 1.29 is 0 Å². The highest BCUT2D eigenvalue weighted by atomic mass is 15.5. The molecule has 0 aromatic carbocycles. The van der Waals surface area contributed by atoms with Gasteiger partial charge in [-0.2, -0.15) is 0 Å². The van der Waals surface area contributed by atoms with Gasteiger partial charge in [-0.1, -0.05) is 6.92 Å². The number of hydrogen-bond acceptors (Lipinski definition) is 7. The van der Waals surface area contributed by atoms with Gasteiger partial charge in [-0.15, -0.1) is 0 Å². The average Bonchev–Trinajstić information content (AvgIpc) is 2.53. The summed E-state index contributed by atoms with van der Waals surface area (Å²) < 4.78 is 0. The van der Waals surface area contributed by atoms with Crippen molar-refractivity contribution in [3.8, 4) is 0 Å². The maximum atomic E-state index is 5.49. The Balaban J connectivity index is 1.83. The topological polar surface area (TPSA) is 80.6 Å². The van der Waals surface area contributed by atoms with E-state index < -0.39 is 0 Å². The first-order chi connectivity index (χ1) is 10.4. The van der Waals surface area contributed by atoms with Crippen molar-refractivity contribution in [2.24, 2.45) is 5.73 Å². The molecule has 0 aliphatic carbocycles. The Morgan fingerprint density at radius 3 is 2.43 bits per heavy atom. The molecule has 0 aromatic heterocycles. The number of hydrazine groups is 1. The summed E-state index contributed by atoms with van der Waals surface area (Å²) in [5.41, 5.74) is 8.80. The van der Waals surface area contributed by atoms with E-state index in [0.29, 0.717) is 6.54 Å². The number of nitrogens with two attached hydrogens (primary N) is 1. The molecule has 1 fully saturated rings. The highest BCUT2D eigenvalue weighted by Gasteiger charge is 2.07. The molecule has 1 saturated heterocycles. The third-order valence-electron chi connectivity index (χ3n) is 3.71. The molecule has 126 valence electrons. The molecule has 0 atom stereocenters. The number of likely N-dealkylation sites (N-methyl/N-ethyl adjacent to an activating group) is 1. The van der Waals surface area contributed by atoms with E-state index in [2.05, 4.69) is 38.2 Å². The van der Waals surface area contributed by atoms with E-state index in [1.54, 1.807) is 0 Å². The molecule has 0 radical (unpaired) electrons. The number of nitrogens with zero attached hydrogens (tertiary/aromatic N) is 2. The van der Waals surface area contributed by atoms with Crippen LogP contribution >= 0.6 is 0 Å². The van der Waals surface area contributed by atoms with Crippen LogP contribution in [-0.2, 0) is 0 Å². The number of nitrogens with one attached hydrogen (secondary N) is 4. The summed E-state index contributed by atoms with van der Waals surface area (Å²) in [5.74, 6) is 0. The van der Waals surface area contributed by atoms with Crippen LogP contribution in [0.1, 0.15) is 6.92 Å². The van der Waals surface area contributed by atoms with E-state index in [9.17, 15) is 0 Å². The molecule has 1 aliphatic rings. The van der Waals surface area contributed by atoms with Gasteiger partial charge < -0.3 is 21.7 Å². The van der Waals surface area contributed by atoms with Crippen molar-refractivity contribution in [3.05, 3.63) is 0 Å². The second-order valence-electron chi connectivity index (χ2n) is 5.37. The zero-order valence-electron chi connectivity index (χ0n) is 13.7. The molecular formula is C14H35N7. The van der Waals surface area contributed by atoms with E-state index in [4.69, 9.17) is 5.73 Å². The van der Waals surface area contributed by atoms with Crippen molar-refractivity contribution >= 4 is 0 Å².